The van der Waals surface area contributed by atoms with E-state index >= 15 is 0 Å². The van der Waals surface area contributed by atoms with Gasteiger partial charge in [0.15, 0.2) is 0 Å². The highest BCUT2D eigenvalue weighted by Gasteiger charge is 2.27. The highest BCUT2D eigenvalue weighted by atomic mass is 16.2. The summed E-state index contributed by atoms with van der Waals surface area (Å²) in [5, 5.41) is 2.96. The zero-order valence-corrected chi connectivity index (χ0v) is 14.9. The van der Waals surface area contributed by atoms with Gasteiger partial charge in [0.25, 0.3) is 0 Å². The number of piperidine rings is 1. The molecule has 0 aromatic carbocycles. The Bertz CT molecular complexity index is 480. The number of rotatable bonds is 5. The van der Waals surface area contributed by atoms with Crippen LogP contribution >= 0.6 is 0 Å². The van der Waals surface area contributed by atoms with Gasteiger partial charge in [-0.3, -0.25) is 9.59 Å². The van der Waals surface area contributed by atoms with Crippen LogP contribution in [0.15, 0.2) is 11.6 Å². The third-order valence-electron chi connectivity index (χ3n) is 6.02. The normalized spacial score (nSPS) is 24.9. The topological polar surface area (TPSA) is 49.4 Å². The molecule has 0 spiro atoms. The Kier molecular flexibility index (Phi) is 6.33. The van der Waals surface area contributed by atoms with E-state index in [0.717, 1.165) is 25.4 Å². The number of carbonyl (C=O) groups excluding carboxylic acids is 2. The molecule has 1 aliphatic heterocycles. The Morgan fingerprint density at radius 1 is 1.08 bits per heavy atom. The number of carbonyl (C=O) groups is 2. The van der Waals surface area contributed by atoms with Crippen molar-refractivity contribution < 1.29 is 9.59 Å². The van der Waals surface area contributed by atoms with E-state index in [1.807, 2.05) is 4.90 Å². The molecule has 3 aliphatic rings. The van der Waals surface area contributed by atoms with Gasteiger partial charge in [-0.2, -0.15) is 0 Å². The monoisotopic (exact) mass is 332 g/mol. The van der Waals surface area contributed by atoms with E-state index in [1.165, 1.54) is 56.9 Å². The predicted molar refractivity (Wildman–Crippen MR) is 95.4 cm³/mol. The first kappa shape index (κ1) is 17.5. The summed E-state index contributed by atoms with van der Waals surface area (Å²) >= 11 is 0. The summed E-state index contributed by atoms with van der Waals surface area (Å²) in [6, 6.07) is 0. The maximum Gasteiger partial charge on any atom is 0.224 e. The third kappa shape index (κ3) is 4.84. The molecule has 0 aromatic rings. The van der Waals surface area contributed by atoms with Crippen LogP contribution in [0.5, 0.6) is 0 Å². The lowest BCUT2D eigenvalue weighted by molar-refractivity contribution is -0.131. The van der Waals surface area contributed by atoms with Gasteiger partial charge in [-0.1, -0.05) is 30.9 Å². The van der Waals surface area contributed by atoms with Crippen LogP contribution in [0.4, 0.5) is 0 Å². The van der Waals surface area contributed by atoms with Crippen LogP contribution in [0.1, 0.15) is 70.6 Å². The van der Waals surface area contributed by atoms with Crippen molar-refractivity contribution in [2.75, 3.05) is 19.6 Å². The first-order valence-electron chi connectivity index (χ1n) is 9.96. The number of amides is 2. The number of nitrogens with zero attached hydrogens (tertiary/aromatic N) is 1. The third-order valence-corrected chi connectivity index (χ3v) is 6.02. The van der Waals surface area contributed by atoms with Crippen LogP contribution < -0.4 is 5.32 Å². The van der Waals surface area contributed by atoms with Gasteiger partial charge in [0.2, 0.25) is 11.8 Å². The van der Waals surface area contributed by atoms with E-state index in [2.05, 4.69) is 11.4 Å². The molecule has 2 aliphatic carbocycles. The second-order valence-corrected chi connectivity index (χ2v) is 7.82. The SMILES string of the molecule is O=C(CC1CCCCC1)NCCC(=O)N1CCC2CCCC=C2C1. The summed E-state index contributed by atoms with van der Waals surface area (Å²) in [5.41, 5.74) is 1.47. The van der Waals surface area contributed by atoms with Crippen molar-refractivity contribution in [1.82, 2.24) is 10.2 Å². The summed E-state index contributed by atoms with van der Waals surface area (Å²) < 4.78 is 0. The van der Waals surface area contributed by atoms with Gasteiger partial charge in [0.05, 0.1) is 0 Å². The molecule has 0 bridgehead atoms. The standard InChI is InChI=1S/C20H32N2O2/c23-19(14-16-6-2-1-3-7-16)21-12-10-20(24)22-13-11-17-8-4-5-9-18(17)15-22/h9,16-17H,1-8,10-15H2,(H,21,23). The highest BCUT2D eigenvalue weighted by molar-refractivity contribution is 5.79. The number of fused-ring (bicyclic) bond motifs is 1. The zero-order valence-electron chi connectivity index (χ0n) is 14.9. The van der Waals surface area contributed by atoms with E-state index in [0.29, 0.717) is 25.3 Å². The Morgan fingerprint density at radius 2 is 1.92 bits per heavy atom. The number of allylic oxidation sites excluding steroid dienone is 1. The van der Waals surface area contributed by atoms with Crippen LogP contribution in [0, 0.1) is 11.8 Å². The van der Waals surface area contributed by atoms with Crippen LogP contribution in [0.25, 0.3) is 0 Å². The van der Waals surface area contributed by atoms with E-state index < -0.39 is 0 Å². The van der Waals surface area contributed by atoms with Gasteiger partial charge in [-0.15, -0.1) is 0 Å². The van der Waals surface area contributed by atoms with E-state index in [1.54, 1.807) is 0 Å². The summed E-state index contributed by atoms with van der Waals surface area (Å²) in [6.45, 7) is 2.19. The number of nitrogens with one attached hydrogen (secondary N) is 1. The summed E-state index contributed by atoms with van der Waals surface area (Å²) in [5.74, 6) is 1.60. The summed E-state index contributed by atoms with van der Waals surface area (Å²) in [6.07, 6.45) is 14.5. The van der Waals surface area contributed by atoms with Crippen molar-refractivity contribution >= 4 is 11.8 Å². The number of likely N-dealkylation sites (tertiary alicyclic amines) is 1. The number of hydrogen-bond acceptors (Lipinski definition) is 2. The molecule has 4 nitrogen and oxygen atoms in total. The van der Waals surface area contributed by atoms with Crippen molar-refractivity contribution in [1.29, 1.82) is 0 Å². The molecular formula is C20H32N2O2. The molecule has 134 valence electrons. The molecule has 2 fully saturated rings. The molecule has 0 radical (unpaired) electrons. The molecule has 1 unspecified atom stereocenters. The minimum absolute atomic E-state index is 0.128. The van der Waals surface area contributed by atoms with Gasteiger partial charge in [-0.25, -0.2) is 0 Å². The van der Waals surface area contributed by atoms with Crippen LogP contribution in [-0.4, -0.2) is 36.3 Å². The van der Waals surface area contributed by atoms with Gasteiger partial charge in [0.1, 0.15) is 0 Å². The average Bonchev–Trinajstić information content (AvgIpc) is 2.62. The molecular weight excluding hydrogens is 300 g/mol. The fourth-order valence-corrected chi connectivity index (χ4v) is 4.54. The minimum atomic E-state index is 0.128. The molecule has 1 saturated carbocycles. The smallest absolute Gasteiger partial charge is 0.224 e. The average molecular weight is 332 g/mol. The predicted octanol–water partition coefficient (Wildman–Crippen LogP) is 3.42. The molecule has 2 amide bonds. The molecule has 0 aromatic heterocycles. The maximum absolute atomic E-state index is 12.4. The second-order valence-electron chi connectivity index (χ2n) is 7.82. The van der Waals surface area contributed by atoms with Crippen molar-refractivity contribution in [3.05, 3.63) is 11.6 Å². The molecule has 1 saturated heterocycles. The van der Waals surface area contributed by atoms with Gasteiger partial charge in [-0.05, 0) is 50.4 Å². The minimum Gasteiger partial charge on any atom is -0.356 e. The Balaban J connectivity index is 1.35. The van der Waals surface area contributed by atoms with Gasteiger partial charge < -0.3 is 10.2 Å². The lowest BCUT2D eigenvalue weighted by Gasteiger charge is -2.36. The molecule has 1 heterocycles. The maximum atomic E-state index is 12.4. The fourth-order valence-electron chi connectivity index (χ4n) is 4.54. The van der Waals surface area contributed by atoms with Crippen LogP contribution in [0.2, 0.25) is 0 Å². The fraction of sp³-hybridized carbons (Fsp3) is 0.800. The van der Waals surface area contributed by atoms with Crippen molar-refractivity contribution in [3.63, 3.8) is 0 Å². The van der Waals surface area contributed by atoms with Gasteiger partial charge in [0, 0.05) is 32.5 Å². The Morgan fingerprint density at radius 3 is 2.75 bits per heavy atom. The number of hydrogen-bond donors (Lipinski definition) is 1. The highest BCUT2D eigenvalue weighted by Crippen LogP contribution is 2.32. The van der Waals surface area contributed by atoms with Crippen molar-refractivity contribution in [3.8, 4) is 0 Å². The summed E-state index contributed by atoms with van der Waals surface area (Å²) in [4.78, 5) is 26.4. The van der Waals surface area contributed by atoms with Gasteiger partial charge >= 0.3 is 0 Å². The Hall–Kier alpha value is -1.32. The van der Waals surface area contributed by atoms with Crippen LogP contribution in [0.3, 0.4) is 0 Å². The lowest BCUT2D eigenvalue weighted by atomic mass is 9.82. The Labute approximate surface area is 146 Å². The van der Waals surface area contributed by atoms with Crippen molar-refractivity contribution in [2.45, 2.75) is 70.6 Å². The van der Waals surface area contributed by atoms with E-state index in [9.17, 15) is 9.59 Å². The molecule has 1 N–H and O–H groups in total. The first-order valence-corrected chi connectivity index (χ1v) is 9.96. The summed E-state index contributed by atoms with van der Waals surface area (Å²) in [7, 11) is 0. The molecule has 1 atom stereocenters. The quantitative estimate of drug-likeness (QED) is 0.784. The lowest BCUT2D eigenvalue weighted by Crippen LogP contribution is -2.41. The van der Waals surface area contributed by atoms with E-state index in [-0.39, 0.29) is 11.8 Å². The van der Waals surface area contributed by atoms with Crippen LogP contribution in [-0.2, 0) is 9.59 Å². The molecule has 24 heavy (non-hydrogen) atoms. The second kappa shape index (κ2) is 8.68. The van der Waals surface area contributed by atoms with Crippen molar-refractivity contribution in [2.24, 2.45) is 11.8 Å². The molecule has 3 rings (SSSR count). The largest absolute Gasteiger partial charge is 0.356 e. The van der Waals surface area contributed by atoms with E-state index in [4.69, 9.17) is 0 Å². The molecule has 4 heteroatoms. The first-order chi connectivity index (χ1) is 11.7. The zero-order chi connectivity index (χ0) is 16.8.